The lowest BCUT2D eigenvalue weighted by molar-refractivity contribution is 0.527. The third kappa shape index (κ3) is 2.48. The van der Waals surface area contributed by atoms with Gasteiger partial charge < -0.3 is 9.73 Å². The van der Waals surface area contributed by atoms with Gasteiger partial charge in [-0.05, 0) is 42.4 Å². The van der Waals surface area contributed by atoms with E-state index in [0.717, 1.165) is 16.6 Å². The van der Waals surface area contributed by atoms with E-state index >= 15 is 0 Å². The second-order valence-corrected chi connectivity index (χ2v) is 5.36. The molecule has 3 aromatic rings. The molecule has 3 rings (SSSR count). The van der Waals surface area contributed by atoms with Gasteiger partial charge in [0, 0.05) is 12.1 Å². The Balaban J connectivity index is 2.08. The Kier molecular flexibility index (Phi) is 3.57. The summed E-state index contributed by atoms with van der Waals surface area (Å²) in [6, 6.07) is 13.5. The van der Waals surface area contributed by atoms with Crippen LogP contribution in [0.5, 0.6) is 0 Å². The smallest absolute Gasteiger partial charge is 0.408 e. The molecule has 1 atom stereocenters. The Labute approximate surface area is 127 Å². The Morgan fingerprint density at radius 1 is 1.14 bits per heavy atom. The maximum atomic E-state index is 11.6. The van der Waals surface area contributed by atoms with Gasteiger partial charge in [-0.15, -0.1) is 0 Å². The third-order valence-corrected chi connectivity index (χ3v) is 3.89. The first-order chi connectivity index (χ1) is 10.1. The summed E-state index contributed by atoms with van der Waals surface area (Å²) in [6.07, 6.45) is 0. The van der Waals surface area contributed by atoms with Crippen LogP contribution in [-0.2, 0) is 7.05 Å². The number of rotatable bonds is 3. The van der Waals surface area contributed by atoms with E-state index in [1.54, 1.807) is 7.05 Å². The molecule has 1 N–H and O–H groups in total. The van der Waals surface area contributed by atoms with Gasteiger partial charge in [-0.25, -0.2) is 4.79 Å². The highest BCUT2D eigenvalue weighted by Crippen LogP contribution is 2.25. The molecule has 108 valence electrons. The molecule has 0 amide bonds. The lowest BCUT2D eigenvalue weighted by atomic mass is 9.98. The second-order valence-electron chi connectivity index (χ2n) is 4.93. The van der Waals surface area contributed by atoms with Gasteiger partial charge in [0.1, 0.15) is 0 Å². The van der Waals surface area contributed by atoms with Crippen molar-refractivity contribution in [1.29, 1.82) is 0 Å². The number of hydrogen-bond acceptors (Lipinski definition) is 3. The predicted molar refractivity (Wildman–Crippen MR) is 83.8 cm³/mol. The minimum absolute atomic E-state index is 0.0113. The van der Waals surface area contributed by atoms with Gasteiger partial charge >= 0.3 is 5.76 Å². The lowest BCUT2D eigenvalue weighted by Crippen LogP contribution is -2.17. The van der Waals surface area contributed by atoms with Crippen molar-refractivity contribution >= 4 is 22.7 Å². The van der Waals surface area contributed by atoms with Crippen LogP contribution in [0.25, 0.3) is 11.1 Å². The topological polar surface area (TPSA) is 47.2 Å². The Hall–Kier alpha value is -2.04. The van der Waals surface area contributed by atoms with Gasteiger partial charge in [-0.3, -0.25) is 4.57 Å². The van der Waals surface area contributed by atoms with Gasteiger partial charge in [-0.1, -0.05) is 29.8 Å². The summed E-state index contributed by atoms with van der Waals surface area (Å²) < 4.78 is 6.74. The fourth-order valence-corrected chi connectivity index (χ4v) is 2.64. The van der Waals surface area contributed by atoms with Crippen molar-refractivity contribution in [2.24, 2.45) is 7.05 Å². The van der Waals surface area contributed by atoms with E-state index in [9.17, 15) is 4.79 Å². The molecule has 5 heteroatoms. The monoisotopic (exact) mass is 302 g/mol. The Bertz CT molecular complexity index is 834. The molecule has 0 radical (unpaired) electrons. The van der Waals surface area contributed by atoms with Crippen molar-refractivity contribution in [2.75, 3.05) is 7.05 Å². The number of halogens is 1. The number of oxazole rings is 1. The van der Waals surface area contributed by atoms with E-state index in [-0.39, 0.29) is 11.8 Å². The van der Waals surface area contributed by atoms with Crippen LogP contribution < -0.4 is 11.1 Å². The molecule has 0 bridgehead atoms. The molecule has 0 aliphatic carbocycles. The number of nitrogens with zero attached hydrogens (tertiary/aromatic N) is 1. The molecule has 0 aliphatic rings. The van der Waals surface area contributed by atoms with E-state index < -0.39 is 0 Å². The summed E-state index contributed by atoms with van der Waals surface area (Å²) in [4.78, 5) is 11.6. The van der Waals surface area contributed by atoms with E-state index in [1.807, 2.05) is 49.5 Å². The van der Waals surface area contributed by atoms with Crippen LogP contribution in [0.4, 0.5) is 0 Å². The van der Waals surface area contributed by atoms with Gasteiger partial charge in [0.25, 0.3) is 0 Å². The maximum absolute atomic E-state index is 11.6. The average molecular weight is 303 g/mol. The van der Waals surface area contributed by atoms with Crippen molar-refractivity contribution in [3.8, 4) is 0 Å². The molecule has 0 fully saturated rings. The molecule has 0 aliphatic heterocycles. The van der Waals surface area contributed by atoms with E-state index in [2.05, 4.69) is 5.32 Å². The van der Waals surface area contributed by atoms with Crippen LogP contribution in [0.3, 0.4) is 0 Å². The van der Waals surface area contributed by atoms with Crippen LogP contribution in [-0.4, -0.2) is 11.6 Å². The van der Waals surface area contributed by atoms with Crippen molar-refractivity contribution < 1.29 is 4.42 Å². The fraction of sp³-hybridized carbons (Fsp3) is 0.188. The van der Waals surface area contributed by atoms with Gasteiger partial charge in [0.15, 0.2) is 5.58 Å². The molecule has 2 aromatic carbocycles. The highest BCUT2D eigenvalue weighted by Gasteiger charge is 2.14. The summed E-state index contributed by atoms with van der Waals surface area (Å²) in [7, 11) is 3.59. The molecular weight excluding hydrogens is 288 g/mol. The second kappa shape index (κ2) is 5.39. The zero-order chi connectivity index (χ0) is 15.0. The molecule has 1 unspecified atom stereocenters. The first-order valence-corrected chi connectivity index (χ1v) is 7.00. The van der Waals surface area contributed by atoms with Crippen LogP contribution in [0.2, 0.25) is 5.02 Å². The highest BCUT2D eigenvalue weighted by molar-refractivity contribution is 6.30. The number of fused-ring (bicyclic) bond motifs is 1. The van der Waals surface area contributed by atoms with E-state index in [0.29, 0.717) is 10.6 Å². The van der Waals surface area contributed by atoms with Gasteiger partial charge in [-0.2, -0.15) is 0 Å². The normalized spacial score (nSPS) is 12.7. The molecule has 4 nitrogen and oxygen atoms in total. The van der Waals surface area contributed by atoms with E-state index in [1.165, 1.54) is 4.57 Å². The van der Waals surface area contributed by atoms with Gasteiger partial charge in [0.05, 0.1) is 11.6 Å². The van der Waals surface area contributed by atoms with Crippen LogP contribution in [0.15, 0.2) is 51.7 Å². The molecule has 1 heterocycles. The highest BCUT2D eigenvalue weighted by atomic mass is 35.5. The number of hydrogen-bond donors (Lipinski definition) is 1. The predicted octanol–water partition coefficient (Wildman–Crippen LogP) is 3.09. The third-order valence-electron chi connectivity index (χ3n) is 3.64. The number of aromatic nitrogens is 1. The zero-order valence-electron chi connectivity index (χ0n) is 11.8. The minimum atomic E-state index is -0.352. The van der Waals surface area contributed by atoms with Crippen LogP contribution in [0, 0.1) is 0 Å². The molecular formula is C16H15ClN2O2. The van der Waals surface area contributed by atoms with Crippen molar-refractivity contribution in [1.82, 2.24) is 9.88 Å². The first-order valence-electron chi connectivity index (χ1n) is 6.62. The number of aryl methyl sites for hydroxylation is 1. The van der Waals surface area contributed by atoms with Crippen LogP contribution >= 0.6 is 11.6 Å². The standard InChI is InChI=1S/C16H15ClN2O2/c1-18-15(10-3-6-12(17)7-4-10)11-5-8-13-14(9-11)21-16(20)19(13)2/h3-9,15,18H,1-2H3. The summed E-state index contributed by atoms with van der Waals surface area (Å²) in [5.74, 6) is -0.352. The molecule has 21 heavy (non-hydrogen) atoms. The summed E-state index contributed by atoms with van der Waals surface area (Å²) in [5, 5.41) is 3.98. The average Bonchev–Trinajstić information content (AvgIpc) is 2.77. The minimum Gasteiger partial charge on any atom is -0.408 e. The van der Waals surface area contributed by atoms with Crippen LogP contribution in [0.1, 0.15) is 17.2 Å². The van der Waals surface area contributed by atoms with Gasteiger partial charge in [0.2, 0.25) is 0 Å². The first kappa shape index (κ1) is 13.9. The maximum Gasteiger partial charge on any atom is 0.419 e. The molecule has 0 saturated carbocycles. The summed E-state index contributed by atoms with van der Waals surface area (Å²) in [5.41, 5.74) is 3.50. The lowest BCUT2D eigenvalue weighted by Gasteiger charge is -2.17. The largest absolute Gasteiger partial charge is 0.419 e. The number of nitrogens with one attached hydrogen (secondary N) is 1. The Morgan fingerprint density at radius 2 is 1.81 bits per heavy atom. The number of benzene rings is 2. The molecule has 1 aromatic heterocycles. The summed E-state index contributed by atoms with van der Waals surface area (Å²) >= 11 is 5.93. The summed E-state index contributed by atoms with van der Waals surface area (Å²) in [6.45, 7) is 0. The fourth-order valence-electron chi connectivity index (χ4n) is 2.51. The van der Waals surface area contributed by atoms with Crippen molar-refractivity contribution in [2.45, 2.75) is 6.04 Å². The molecule has 0 spiro atoms. The van der Waals surface area contributed by atoms with Crippen molar-refractivity contribution in [3.63, 3.8) is 0 Å². The Morgan fingerprint density at radius 3 is 2.48 bits per heavy atom. The SMILES string of the molecule is CNC(c1ccc(Cl)cc1)c1ccc2c(c1)oc(=O)n2C. The zero-order valence-corrected chi connectivity index (χ0v) is 12.5. The van der Waals surface area contributed by atoms with Crippen molar-refractivity contribution in [3.05, 3.63) is 69.2 Å². The quantitative estimate of drug-likeness (QED) is 0.809. The molecule has 0 saturated heterocycles. The van der Waals surface area contributed by atoms with E-state index in [4.69, 9.17) is 16.0 Å².